The molecule has 0 bridgehead atoms. The third-order valence-corrected chi connectivity index (χ3v) is 23.1. The molecule has 36 heteroatoms. The van der Waals surface area contributed by atoms with Crippen molar-refractivity contribution < 1.29 is 28.6 Å². The highest BCUT2D eigenvalue weighted by atomic mass is 79.9. The van der Waals surface area contributed by atoms with Crippen LogP contribution in [0.5, 0.6) is 0 Å². The Morgan fingerprint density at radius 3 is 1.09 bits per heavy atom. The number of nitrogens with two attached hydrogens (primary N) is 2. The van der Waals surface area contributed by atoms with Gasteiger partial charge in [0, 0.05) is 133 Å². The number of alkyl halides is 2. The van der Waals surface area contributed by atoms with Gasteiger partial charge in [-0.05, 0) is 235 Å². The summed E-state index contributed by atoms with van der Waals surface area (Å²) in [6.45, 7) is 11.5. The number of hydrogen-bond donors (Lipinski definition) is 8. The van der Waals surface area contributed by atoms with Crippen molar-refractivity contribution in [3.8, 4) is 45.3 Å². The number of halogens is 4. The molecule has 28 nitrogen and oxygen atoms in total. The van der Waals surface area contributed by atoms with Crippen LogP contribution in [0.25, 0.3) is 45.3 Å². The van der Waals surface area contributed by atoms with E-state index in [9.17, 15) is 18.4 Å². The van der Waals surface area contributed by atoms with Gasteiger partial charge in [0.25, 0.3) is 0 Å². The maximum Gasteiger partial charge on any atom is 0.188 e. The fourth-order valence-corrected chi connectivity index (χ4v) is 16.8. The SMILES string of the molecule is C.C.CCO.CCO.Cc1cn(-c2ccc(-c3csc(Nc4c5c(nn4C)CCCC5)n3)cc2)cn1.Cc1cn(-c2ccc(-c3csc(Nc4c5c(nn4C)CCCC5)n3)cc2F)cn1.Cc1cn(-c2ccc(C(=O)CBr)cc2)cn1.Cc1cn(-c2ccc(C(=O)CBr)cc2F)cn1.Cn1nc2c(c1NC(N)=S)CCCC2.Cn1nc2c(c1NC(N)=S)CCCC2. The fraction of sp³-hybridized carbons (Fsp3) is 0.356. The van der Waals surface area contributed by atoms with Crippen LogP contribution in [0.15, 0.2) is 146 Å². The molecule has 0 unspecified atom stereocenters. The van der Waals surface area contributed by atoms with E-state index in [1.807, 2.05) is 138 Å². The van der Waals surface area contributed by atoms with Crippen LogP contribution in [-0.2, 0) is 79.6 Å². The lowest BCUT2D eigenvalue weighted by molar-refractivity contribution is 0.101. The van der Waals surface area contributed by atoms with Crippen molar-refractivity contribution in [2.45, 2.75) is 159 Å². The number of aliphatic hydroxyl groups is 2. The molecule has 0 saturated carbocycles. The molecule has 0 amide bonds. The van der Waals surface area contributed by atoms with Gasteiger partial charge in [0.15, 0.2) is 32.1 Å². The molecule has 4 aliphatic carbocycles. The highest BCUT2D eigenvalue weighted by molar-refractivity contribution is 9.09. The van der Waals surface area contributed by atoms with Gasteiger partial charge in [-0.1, -0.05) is 64.9 Å². The Kier molecular flexibility index (Phi) is 37.2. The van der Waals surface area contributed by atoms with Gasteiger partial charge in [-0.15, -0.1) is 22.7 Å². The number of carbonyl (C=O) groups excluding carboxylic acids is 2. The summed E-state index contributed by atoms with van der Waals surface area (Å²) in [6.07, 6.45) is 32.6. The van der Waals surface area contributed by atoms with Gasteiger partial charge in [0.2, 0.25) is 0 Å². The molecule has 18 rings (SSSR count). The van der Waals surface area contributed by atoms with Crippen molar-refractivity contribution in [2.24, 2.45) is 39.7 Å². The van der Waals surface area contributed by atoms with E-state index in [-0.39, 0.29) is 50.8 Å². The van der Waals surface area contributed by atoms with Crippen LogP contribution in [-0.4, -0.2) is 143 Å². The van der Waals surface area contributed by atoms with Crippen LogP contribution >= 0.6 is 79.0 Å². The first kappa shape index (κ1) is 98.7. The van der Waals surface area contributed by atoms with Crippen molar-refractivity contribution in [1.82, 2.24) is 87.3 Å². The second kappa shape index (κ2) is 47.4. The largest absolute Gasteiger partial charge is 0.397 e. The van der Waals surface area contributed by atoms with Crippen LogP contribution < -0.4 is 32.7 Å². The van der Waals surface area contributed by atoms with Crippen LogP contribution in [0, 0.1) is 39.3 Å². The highest BCUT2D eigenvalue weighted by Gasteiger charge is 2.25. The van der Waals surface area contributed by atoms with Crippen LogP contribution in [0.1, 0.15) is 169 Å². The number of aryl methyl sites for hydroxylation is 12. The minimum absolute atomic E-state index is 0. The van der Waals surface area contributed by atoms with E-state index >= 15 is 0 Å². The molecule has 0 radical (unpaired) electrons. The Morgan fingerprint density at radius 2 is 0.746 bits per heavy atom. The van der Waals surface area contributed by atoms with Gasteiger partial charge in [-0.25, -0.2) is 38.7 Å². The fourth-order valence-electron chi connectivity index (χ4n) is 14.5. The second-order valence-corrected chi connectivity index (χ2v) is 33.3. The number of carbonyl (C=O) groups is 2. The zero-order chi connectivity index (χ0) is 88.7. The average molecular weight is 1920 g/mol. The zero-order valence-electron chi connectivity index (χ0n) is 71.1. The Labute approximate surface area is 770 Å². The molecule has 10 heterocycles. The summed E-state index contributed by atoms with van der Waals surface area (Å²) < 4.78 is 43.3. The molecule has 0 fully saturated rings. The Bertz CT molecular complexity index is 5860. The van der Waals surface area contributed by atoms with E-state index in [1.165, 1.54) is 120 Å². The molecule has 0 aliphatic heterocycles. The normalized spacial score (nSPS) is 12.4. The van der Waals surface area contributed by atoms with Gasteiger partial charge in [-0.2, -0.15) is 20.4 Å². The maximum atomic E-state index is 14.7. The Balaban J connectivity index is 0.000000172. The topological polar surface area (TPSA) is 343 Å². The third kappa shape index (κ3) is 26.1. The van der Waals surface area contributed by atoms with Crippen LogP contribution in [0.4, 0.5) is 42.3 Å². The molecule has 126 heavy (non-hydrogen) atoms. The Hall–Kier alpha value is -11.1. The van der Waals surface area contributed by atoms with Crippen molar-refractivity contribution >= 4 is 134 Å². The lowest BCUT2D eigenvalue weighted by atomic mass is 9.97. The van der Waals surface area contributed by atoms with E-state index in [0.717, 1.165) is 147 Å². The summed E-state index contributed by atoms with van der Waals surface area (Å²) in [5, 5.41) is 53.1. The number of benzene rings is 4. The van der Waals surface area contributed by atoms with Crippen molar-refractivity contribution in [3.05, 3.63) is 236 Å². The van der Waals surface area contributed by atoms with E-state index in [0.29, 0.717) is 32.5 Å². The third-order valence-electron chi connectivity index (χ3n) is 20.3. The number of fused-ring (bicyclic) bond motifs is 4. The number of ketones is 2. The summed E-state index contributed by atoms with van der Waals surface area (Å²) in [5.41, 5.74) is 32.2. The smallest absolute Gasteiger partial charge is 0.188 e. The monoisotopic (exact) mass is 1920 g/mol. The number of thiocarbonyl (C=S) groups is 2. The van der Waals surface area contributed by atoms with Crippen LogP contribution in [0.3, 0.4) is 0 Å². The molecule has 10 aromatic heterocycles. The van der Waals surface area contributed by atoms with Gasteiger partial charge in [-0.3, -0.25) is 28.3 Å². The molecule has 0 spiro atoms. The standard InChI is InChI=1S/C21H21FN6S.C21H22N6S.C12H10BrFN2O.C12H11BrN2O.2C9H14N4S.2C2H6O.2CH4/c1-13-10-28(12-23-13)19-8-7-14(9-16(19)22)18-11-29-21(24-18)25-20-15-5-3-4-6-17(15)26-27(20)2;1-14-11-27(13-22-14)16-9-7-15(8-10-16)19-12-28-21(23-19)24-20-17-5-3-4-6-18(17)25-26(20)2;1-8-6-16(7-15-8)11-3-2-9(4-10(11)14)12(17)5-13;1-9-7-15(8-14-9)11-4-2-10(3-5-11)12(16)6-13;2*1-13-8(11-9(10)14)6-4-2-3-5-7(6)12-13;2*1-2-3;;/h7-12H,3-6H2,1-2H3,(H,24,25);7-13H,3-6H2,1-2H3,(H,23,24);2-4,6-7H,5H2,1H3;2-5,7-8H,6H2,1H3;2*2-5H2,1H3,(H3,10,11,14);2*3H,2H2,1H3;2*1H4. The number of rotatable bonds is 16. The second-order valence-electron chi connectivity index (χ2n) is 29.6. The van der Waals surface area contributed by atoms with Crippen LogP contribution in [0.2, 0.25) is 0 Å². The van der Waals surface area contributed by atoms with E-state index < -0.39 is 5.82 Å². The molecule has 668 valence electrons. The zero-order valence-corrected chi connectivity index (χ0v) is 77.5. The maximum absolute atomic E-state index is 14.7. The first-order valence-corrected chi connectivity index (χ1v) is 45.6. The van der Waals surface area contributed by atoms with E-state index in [2.05, 4.69) is 128 Å². The molecule has 10 N–H and O–H groups in total. The number of anilines is 6. The summed E-state index contributed by atoms with van der Waals surface area (Å²) in [5.74, 6) is 3.24. The van der Waals surface area contributed by atoms with Crippen molar-refractivity contribution in [3.63, 3.8) is 0 Å². The number of imidazole rings is 4. The predicted octanol–water partition coefficient (Wildman–Crippen LogP) is 18.3. The average Bonchev–Trinajstić information content (AvgIpc) is 1.65. The number of nitrogens with zero attached hydrogens (tertiary/aromatic N) is 18. The van der Waals surface area contributed by atoms with Gasteiger partial charge in [0.05, 0.1) is 104 Å². The lowest BCUT2D eigenvalue weighted by Gasteiger charge is -2.11. The Morgan fingerprint density at radius 1 is 0.444 bits per heavy atom. The van der Waals surface area contributed by atoms with Gasteiger partial charge in [0.1, 0.15) is 34.9 Å². The predicted molar refractivity (Wildman–Crippen MR) is 517 cm³/mol. The first-order valence-electron chi connectivity index (χ1n) is 40.8. The molecule has 0 saturated heterocycles. The summed E-state index contributed by atoms with van der Waals surface area (Å²) in [4.78, 5) is 48.9. The molecular weight excluding hydrogens is 1810 g/mol. The summed E-state index contributed by atoms with van der Waals surface area (Å²) in [7, 11) is 7.80. The lowest BCUT2D eigenvalue weighted by Crippen LogP contribution is -2.21. The first-order chi connectivity index (χ1) is 59.8. The number of hydrogen-bond acceptors (Lipinski definition) is 20. The van der Waals surface area contributed by atoms with E-state index in [4.69, 9.17) is 51.1 Å². The number of nitrogens with one attached hydrogen (secondary N) is 4. The minimum atomic E-state index is -0.436. The highest BCUT2D eigenvalue weighted by Crippen LogP contribution is 2.36. The van der Waals surface area contributed by atoms with E-state index in [1.54, 1.807) is 83.9 Å². The number of aliphatic hydroxyl groups excluding tert-OH is 2. The quantitative estimate of drug-likeness (QED) is 0.0253. The van der Waals surface area contributed by atoms with Crippen molar-refractivity contribution in [1.29, 1.82) is 0 Å². The summed E-state index contributed by atoms with van der Waals surface area (Å²) >= 11 is 19.0. The number of thiazole rings is 2. The minimum Gasteiger partial charge on any atom is -0.397 e. The number of aromatic nitrogens is 18. The molecule has 0 atom stereocenters. The molecule has 4 aliphatic rings. The van der Waals surface area contributed by atoms with Gasteiger partial charge < -0.3 is 61.2 Å². The molecule has 14 aromatic rings. The molecular formula is C90H112Br2F2N24O4S4. The molecule has 4 aromatic carbocycles. The van der Waals surface area contributed by atoms with Gasteiger partial charge >= 0.3 is 0 Å². The van der Waals surface area contributed by atoms with Crippen molar-refractivity contribution in [2.75, 3.05) is 45.1 Å². The number of Topliss-reactive ketones (excluding diaryl/α,β-unsaturated/α-hetero) is 2. The summed E-state index contributed by atoms with van der Waals surface area (Å²) in [6, 6.07) is 25.5.